The quantitative estimate of drug-likeness (QED) is 0.213. The number of aliphatic hydroxyl groups is 1. The third-order valence-electron chi connectivity index (χ3n) is 3.48. The maximum atomic E-state index is 11.6. The molecule has 1 amide bonds. The molecule has 0 radical (unpaired) electrons. The highest BCUT2D eigenvalue weighted by atomic mass is 31.2. The topological polar surface area (TPSA) is 187 Å². The molecule has 7 N–H and O–H groups in total. The van der Waals surface area contributed by atoms with Crippen molar-refractivity contribution in [3.05, 3.63) is 0 Å². The first kappa shape index (κ1) is 23.4. The molecule has 24 heavy (non-hydrogen) atoms. The van der Waals surface area contributed by atoms with Gasteiger partial charge in [-0.05, 0) is 12.8 Å². The Kier molecular flexibility index (Phi) is 8.45. The smallest absolute Gasteiger partial charge is 0.366 e. The molecule has 0 saturated carbocycles. The molecule has 10 nitrogen and oxygen atoms in total. The molecule has 0 aliphatic heterocycles. The number of nitrogens with two attached hydrogens (primary N) is 1. The van der Waals surface area contributed by atoms with Gasteiger partial charge in [-0.25, -0.2) is 0 Å². The van der Waals surface area contributed by atoms with Gasteiger partial charge in [-0.1, -0.05) is 13.8 Å². The molecule has 0 bridgehead atoms. The van der Waals surface area contributed by atoms with Crippen LogP contribution in [0.4, 0.5) is 0 Å². The predicted molar refractivity (Wildman–Crippen MR) is 87.4 cm³/mol. The SMILES string of the molecule is CC(C)C(=O)[C@@H](N)CC(=O)NCCCC(O)(P(C)(=O)O)P(=O)(O)O. The van der Waals surface area contributed by atoms with Crippen molar-refractivity contribution in [2.75, 3.05) is 13.2 Å². The van der Waals surface area contributed by atoms with E-state index >= 15 is 0 Å². The van der Waals surface area contributed by atoms with E-state index in [9.17, 15) is 28.7 Å². The van der Waals surface area contributed by atoms with Gasteiger partial charge < -0.3 is 30.8 Å². The van der Waals surface area contributed by atoms with Crippen molar-refractivity contribution in [2.45, 2.75) is 44.2 Å². The Morgan fingerprint density at radius 3 is 2.08 bits per heavy atom. The molecule has 0 saturated heterocycles. The van der Waals surface area contributed by atoms with Gasteiger partial charge in [-0.2, -0.15) is 0 Å². The van der Waals surface area contributed by atoms with Crippen LogP contribution in [0.1, 0.15) is 33.1 Å². The number of rotatable bonds is 10. The van der Waals surface area contributed by atoms with Gasteiger partial charge in [0.25, 0.3) is 0 Å². The minimum absolute atomic E-state index is 0.107. The largest absolute Gasteiger partial charge is 0.369 e. The van der Waals surface area contributed by atoms with Gasteiger partial charge in [0.2, 0.25) is 18.4 Å². The number of Topliss-reactive ketones (excluding diaryl/α,β-unsaturated/α-hetero) is 1. The minimum atomic E-state index is -5.25. The number of hydrogen-bond acceptors (Lipinski definition) is 6. The molecule has 0 fully saturated rings. The van der Waals surface area contributed by atoms with E-state index in [0.29, 0.717) is 6.66 Å². The lowest BCUT2D eigenvalue weighted by molar-refractivity contribution is -0.128. The normalized spacial score (nSPS) is 18.5. The molecular formula is C12H26N2O8P2. The molecule has 0 aliphatic rings. The van der Waals surface area contributed by atoms with E-state index in [1.165, 1.54) is 0 Å². The van der Waals surface area contributed by atoms with Gasteiger partial charge in [0.05, 0.1) is 6.04 Å². The summed E-state index contributed by atoms with van der Waals surface area (Å²) in [5.74, 6) is -1.12. The predicted octanol–water partition coefficient (Wildman–Crippen LogP) is -0.451. The number of amides is 1. The Labute approximate surface area is 140 Å². The van der Waals surface area contributed by atoms with Crippen molar-refractivity contribution in [3.8, 4) is 0 Å². The monoisotopic (exact) mass is 388 g/mol. The number of carbonyl (C=O) groups excluding carboxylic acids is 2. The summed E-state index contributed by atoms with van der Waals surface area (Å²) in [6.45, 7) is 3.85. The van der Waals surface area contributed by atoms with E-state index in [4.69, 9.17) is 15.5 Å². The molecular weight excluding hydrogens is 362 g/mol. The van der Waals surface area contributed by atoms with Crippen molar-refractivity contribution in [2.24, 2.45) is 11.7 Å². The van der Waals surface area contributed by atoms with Crippen LogP contribution in [0.15, 0.2) is 0 Å². The Morgan fingerprint density at radius 1 is 1.21 bits per heavy atom. The minimum Gasteiger partial charge on any atom is -0.369 e. The van der Waals surface area contributed by atoms with Gasteiger partial charge in [0.1, 0.15) is 0 Å². The molecule has 2 unspecified atom stereocenters. The maximum absolute atomic E-state index is 11.6. The van der Waals surface area contributed by atoms with Crippen LogP contribution in [0.25, 0.3) is 0 Å². The molecule has 0 aromatic heterocycles. The van der Waals surface area contributed by atoms with E-state index in [1.54, 1.807) is 13.8 Å². The fraction of sp³-hybridized carbons (Fsp3) is 0.833. The number of nitrogens with one attached hydrogen (secondary N) is 1. The van der Waals surface area contributed by atoms with E-state index in [2.05, 4.69) is 5.32 Å². The number of ketones is 1. The summed E-state index contributed by atoms with van der Waals surface area (Å²) < 4.78 is 22.9. The fourth-order valence-corrected chi connectivity index (χ4v) is 4.90. The second kappa shape index (κ2) is 8.67. The van der Waals surface area contributed by atoms with Crippen LogP contribution in [0, 0.1) is 5.92 Å². The zero-order chi connectivity index (χ0) is 19.3. The molecule has 0 rings (SSSR count). The van der Waals surface area contributed by atoms with Crippen LogP contribution in [-0.2, 0) is 18.7 Å². The summed E-state index contributed by atoms with van der Waals surface area (Å²) in [6.07, 6.45) is -1.08. The maximum Gasteiger partial charge on any atom is 0.366 e. The van der Waals surface area contributed by atoms with Gasteiger partial charge in [0, 0.05) is 25.5 Å². The third kappa shape index (κ3) is 6.37. The Balaban J connectivity index is 4.52. The van der Waals surface area contributed by atoms with Gasteiger partial charge >= 0.3 is 7.60 Å². The summed E-state index contributed by atoms with van der Waals surface area (Å²) in [5, 5.41) is 9.19. The number of hydrogen-bond donors (Lipinski definition) is 6. The summed E-state index contributed by atoms with van der Waals surface area (Å²) in [5.41, 5.74) is 5.58. The van der Waals surface area contributed by atoms with Crippen molar-refractivity contribution >= 4 is 26.7 Å². The standard InChI is InChI=1S/C12H26N2O8P2/c1-8(2)11(16)9(13)7-10(15)14-6-4-5-12(17,23(3,18)19)24(20,21)22/h8-9,17H,4-7,13H2,1-3H3,(H,14,15)(H,18,19)(H2,20,21,22)/t9-,12?/m0/s1. The van der Waals surface area contributed by atoms with Crippen LogP contribution in [0.2, 0.25) is 0 Å². The summed E-state index contributed by atoms with van der Waals surface area (Å²) in [7, 11) is -9.76. The van der Waals surface area contributed by atoms with Crippen LogP contribution in [0.3, 0.4) is 0 Å². The summed E-state index contributed by atoms with van der Waals surface area (Å²) in [4.78, 5) is 50.8. The van der Waals surface area contributed by atoms with Crippen molar-refractivity contribution in [3.63, 3.8) is 0 Å². The zero-order valence-electron chi connectivity index (χ0n) is 13.9. The molecule has 0 heterocycles. The molecule has 3 atom stereocenters. The summed E-state index contributed by atoms with van der Waals surface area (Å²) in [6, 6.07) is -0.953. The lowest BCUT2D eigenvalue weighted by Gasteiger charge is -2.30. The lowest BCUT2D eigenvalue weighted by atomic mass is 10.00. The molecule has 0 aromatic carbocycles. The van der Waals surface area contributed by atoms with Crippen LogP contribution in [0.5, 0.6) is 0 Å². The second-order valence-corrected chi connectivity index (χ2v) is 10.7. The summed E-state index contributed by atoms with van der Waals surface area (Å²) >= 11 is 0. The molecule has 12 heteroatoms. The first-order chi connectivity index (χ1) is 10.6. The van der Waals surface area contributed by atoms with Crippen molar-refractivity contribution < 1.29 is 38.5 Å². The van der Waals surface area contributed by atoms with Gasteiger partial charge in [-0.3, -0.25) is 18.7 Å². The Bertz CT molecular complexity index is 531. The van der Waals surface area contributed by atoms with Crippen LogP contribution < -0.4 is 11.1 Å². The highest BCUT2D eigenvalue weighted by molar-refractivity contribution is 7.74. The van der Waals surface area contributed by atoms with Gasteiger partial charge in [0.15, 0.2) is 5.78 Å². The molecule has 0 aliphatic carbocycles. The zero-order valence-corrected chi connectivity index (χ0v) is 15.7. The molecule has 0 spiro atoms. The van der Waals surface area contributed by atoms with Crippen molar-refractivity contribution in [1.82, 2.24) is 5.32 Å². The van der Waals surface area contributed by atoms with Gasteiger partial charge in [-0.15, -0.1) is 0 Å². The highest BCUT2D eigenvalue weighted by Crippen LogP contribution is 2.69. The number of carbonyl (C=O) groups is 2. The Hall–Kier alpha value is -0.600. The van der Waals surface area contributed by atoms with E-state index < -0.39 is 38.4 Å². The van der Waals surface area contributed by atoms with Crippen LogP contribution in [-0.4, -0.2) is 55.8 Å². The van der Waals surface area contributed by atoms with E-state index in [1.807, 2.05) is 0 Å². The van der Waals surface area contributed by atoms with Crippen LogP contribution >= 0.6 is 15.0 Å². The lowest BCUT2D eigenvalue weighted by Crippen LogP contribution is -2.39. The first-order valence-electron chi connectivity index (χ1n) is 7.28. The average molecular weight is 388 g/mol. The van der Waals surface area contributed by atoms with E-state index in [0.717, 1.165) is 0 Å². The first-order valence-corrected chi connectivity index (χ1v) is 11.0. The Morgan fingerprint density at radius 2 is 1.71 bits per heavy atom. The fourth-order valence-electron chi connectivity index (χ4n) is 1.95. The van der Waals surface area contributed by atoms with Crippen molar-refractivity contribution in [1.29, 1.82) is 0 Å². The second-order valence-electron chi connectivity index (χ2n) is 6.02. The molecule has 0 aromatic rings. The third-order valence-corrected chi connectivity index (χ3v) is 8.09. The van der Waals surface area contributed by atoms with E-state index in [-0.39, 0.29) is 31.1 Å². The average Bonchev–Trinajstić information content (AvgIpc) is 2.39. The highest BCUT2D eigenvalue weighted by Gasteiger charge is 2.56. The molecule has 142 valence electrons.